The zero-order valence-corrected chi connectivity index (χ0v) is 26.7. The van der Waals surface area contributed by atoms with Crippen molar-refractivity contribution in [2.75, 3.05) is 25.5 Å². The number of H-pyrrole nitrogens is 1. The fraction of sp³-hybridized carbons (Fsp3) is 0.484. The summed E-state index contributed by atoms with van der Waals surface area (Å²) in [6.45, 7) is 8.86. The van der Waals surface area contributed by atoms with Gasteiger partial charge in [-0.15, -0.1) is 11.3 Å². The van der Waals surface area contributed by atoms with E-state index in [4.69, 9.17) is 15.6 Å². The van der Waals surface area contributed by atoms with Gasteiger partial charge in [0.1, 0.15) is 5.01 Å². The Hall–Kier alpha value is -3.71. The Morgan fingerprint density at radius 2 is 1.68 bits per heavy atom. The molecule has 1 amide bonds. The van der Waals surface area contributed by atoms with Crippen LogP contribution in [0.1, 0.15) is 70.9 Å². The number of aromatic amines is 1. The van der Waals surface area contributed by atoms with Gasteiger partial charge in [-0.2, -0.15) is 13.2 Å². The van der Waals surface area contributed by atoms with Gasteiger partial charge in [0, 0.05) is 64.7 Å². The molecule has 0 saturated heterocycles. The number of rotatable bonds is 8. The average molecular weight is 636 g/mol. The number of halogens is 3. The number of primary amides is 1. The maximum atomic E-state index is 13.1. The molecule has 0 spiro atoms. The largest absolute Gasteiger partial charge is 0.490 e. The standard InChI is InChI=1S/C29H39N5O2S.C2HF3O2/c1-7-34(21-10-8-20(9-11-21)33(5)6)26-19(4)23(27(30)35)16-25(29-31-12-13-37-29)24(26)15-22-17(2)14-18(3)32-28(22)36;3-2(4,5)1(6)7/h12-14,16,20-21H,7-11,15H2,1-6H3,(H2,30,35)(H,32,36);(H,6,7). The summed E-state index contributed by atoms with van der Waals surface area (Å²) in [6.07, 6.45) is 1.56. The van der Waals surface area contributed by atoms with Crippen LogP contribution in [0.4, 0.5) is 18.9 Å². The second kappa shape index (κ2) is 14.4. The molecule has 3 aromatic rings. The number of anilines is 1. The number of aryl methyl sites for hydroxylation is 2. The molecule has 1 aromatic carbocycles. The number of pyridine rings is 1. The first-order chi connectivity index (χ1) is 20.6. The molecule has 0 atom stereocenters. The van der Waals surface area contributed by atoms with E-state index in [1.807, 2.05) is 38.3 Å². The number of nitrogens with zero attached hydrogens (tertiary/aromatic N) is 3. The number of hydrogen-bond donors (Lipinski definition) is 3. The van der Waals surface area contributed by atoms with E-state index in [0.29, 0.717) is 24.1 Å². The number of carbonyl (C=O) groups excluding carboxylic acids is 1. The Balaban J connectivity index is 0.000000676. The minimum atomic E-state index is -5.08. The van der Waals surface area contributed by atoms with Crippen molar-refractivity contribution >= 4 is 28.9 Å². The van der Waals surface area contributed by atoms with Crippen molar-refractivity contribution in [3.8, 4) is 10.6 Å². The molecule has 0 unspecified atom stereocenters. The summed E-state index contributed by atoms with van der Waals surface area (Å²) < 4.78 is 31.7. The Bertz CT molecular complexity index is 1530. The van der Waals surface area contributed by atoms with Gasteiger partial charge in [-0.1, -0.05) is 0 Å². The van der Waals surface area contributed by atoms with Gasteiger partial charge in [-0.25, -0.2) is 9.78 Å². The zero-order chi connectivity index (χ0) is 32.9. The van der Waals surface area contributed by atoms with Crippen molar-refractivity contribution in [3.63, 3.8) is 0 Å². The van der Waals surface area contributed by atoms with E-state index in [9.17, 15) is 22.8 Å². The summed E-state index contributed by atoms with van der Waals surface area (Å²) >= 11 is 1.53. The van der Waals surface area contributed by atoms with Gasteiger partial charge in [0.2, 0.25) is 5.91 Å². The highest BCUT2D eigenvalue weighted by atomic mass is 32.1. The highest BCUT2D eigenvalue weighted by Gasteiger charge is 2.38. The van der Waals surface area contributed by atoms with Crippen molar-refractivity contribution in [1.29, 1.82) is 0 Å². The molecule has 1 saturated carbocycles. The predicted molar refractivity (Wildman–Crippen MR) is 167 cm³/mol. The minimum Gasteiger partial charge on any atom is -0.475 e. The molecule has 0 aliphatic heterocycles. The monoisotopic (exact) mass is 635 g/mol. The van der Waals surface area contributed by atoms with Crippen molar-refractivity contribution in [2.45, 2.75) is 78.1 Å². The molecule has 1 fully saturated rings. The Labute approximate surface area is 258 Å². The van der Waals surface area contributed by atoms with Crippen molar-refractivity contribution < 1.29 is 27.9 Å². The van der Waals surface area contributed by atoms with E-state index in [-0.39, 0.29) is 5.56 Å². The number of thiazole rings is 1. The lowest BCUT2D eigenvalue weighted by Crippen LogP contribution is -2.43. The van der Waals surface area contributed by atoms with Gasteiger partial charge in [0.05, 0.1) is 0 Å². The second-order valence-corrected chi connectivity index (χ2v) is 12.2. The van der Waals surface area contributed by atoms with Crippen LogP contribution in [0, 0.1) is 20.8 Å². The molecular formula is C31H40F3N5O4S. The van der Waals surface area contributed by atoms with Crippen LogP contribution in [-0.2, 0) is 11.2 Å². The van der Waals surface area contributed by atoms with Gasteiger partial charge < -0.3 is 25.6 Å². The third-order valence-electron chi connectivity index (χ3n) is 8.14. The molecular weight excluding hydrogens is 595 g/mol. The lowest BCUT2D eigenvalue weighted by atomic mass is 9.86. The number of hydrogen-bond acceptors (Lipinski definition) is 7. The van der Waals surface area contributed by atoms with Crippen molar-refractivity contribution in [3.05, 3.63) is 67.6 Å². The van der Waals surface area contributed by atoms with Crippen LogP contribution in [-0.4, -0.2) is 70.8 Å². The SMILES string of the molecule is CCN(c1c(C)c(C(N)=O)cc(-c2nccs2)c1Cc1c(C)cc(C)[nH]c1=O)C1CCC(N(C)C)CC1.O=C(O)C(F)(F)F. The van der Waals surface area contributed by atoms with E-state index >= 15 is 0 Å². The topological polar surface area (TPSA) is 133 Å². The molecule has 0 radical (unpaired) electrons. The van der Waals surface area contributed by atoms with Gasteiger partial charge in [0.25, 0.3) is 5.56 Å². The summed E-state index contributed by atoms with van der Waals surface area (Å²) in [6, 6.07) is 4.84. The van der Waals surface area contributed by atoms with E-state index in [2.05, 4.69) is 40.8 Å². The fourth-order valence-corrected chi connectivity index (χ4v) is 6.64. The molecule has 1 aliphatic carbocycles. The molecule has 9 nitrogen and oxygen atoms in total. The highest BCUT2D eigenvalue weighted by molar-refractivity contribution is 7.13. The lowest BCUT2D eigenvalue weighted by Gasteiger charge is -2.41. The number of aromatic nitrogens is 2. The van der Waals surface area contributed by atoms with Crippen LogP contribution in [0.25, 0.3) is 10.6 Å². The third-order valence-corrected chi connectivity index (χ3v) is 8.95. The summed E-state index contributed by atoms with van der Waals surface area (Å²) in [7, 11) is 4.31. The van der Waals surface area contributed by atoms with Crippen LogP contribution in [0.5, 0.6) is 0 Å². The zero-order valence-electron chi connectivity index (χ0n) is 25.8. The minimum absolute atomic E-state index is 0.0697. The highest BCUT2D eigenvalue weighted by Crippen LogP contribution is 2.41. The third kappa shape index (κ3) is 8.06. The summed E-state index contributed by atoms with van der Waals surface area (Å²) in [5.41, 5.74) is 12.7. The first kappa shape index (κ1) is 34.8. The second-order valence-electron chi connectivity index (χ2n) is 11.3. The first-order valence-electron chi connectivity index (χ1n) is 14.3. The molecule has 2 heterocycles. The van der Waals surface area contributed by atoms with Crippen molar-refractivity contribution in [2.24, 2.45) is 5.73 Å². The van der Waals surface area contributed by atoms with Crippen LogP contribution < -0.4 is 16.2 Å². The number of carboxylic acid groups (broad SMARTS) is 1. The number of alkyl halides is 3. The number of aliphatic carboxylic acids is 1. The molecule has 13 heteroatoms. The van der Waals surface area contributed by atoms with Crippen molar-refractivity contribution in [1.82, 2.24) is 14.9 Å². The fourth-order valence-electron chi connectivity index (χ4n) is 5.96. The summed E-state index contributed by atoms with van der Waals surface area (Å²) in [4.78, 5) is 47.0. The number of amides is 1. The normalized spacial score (nSPS) is 16.8. The molecule has 0 bridgehead atoms. The first-order valence-corrected chi connectivity index (χ1v) is 15.2. The number of carboxylic acids is 1. The smallest absolute Gasteiger partial charge is 0.475 e. The number of nitrogens with two attached hydrogens (primary N) is 1. The molecule has 44 heavy (non-hydrogen) atoms. The molecule has 2 aromatic heterocycles. The summed E-state index contributed by atoms with van der Waals surface area (Å²) in [5, 5.41) is 9.89. The number of nitrogens with one attached hydrogen (secondary N) is 1. The number of carbonyl (C=O) groups is 2. The average Bonchev–Trinajstić information content (AvgIpc) is 3.47. The molecule has 240 valence electrons. The van der Waals surface area contributed by atoms with Crippen LogP contribution >= 0.6 is 11.3 Å². The Morgan fingerprint density at radius 3 is 2.14 bits per heavy atom. The van der Waals surface area contributed by atoms with E-state index < -0.39 is 18.1 Å². The van der Waals surface area contributed by atoms with E-state index in [0.717, 1.165) is 76.4 Å². The Kier molecular flexibility index (Phi) is 11.4. The van der Waals surface area contributed by atoms with Gasteiger partial charge in [-0.3, -0.25) is 9.59 Å². The Morgan fingerprint density at radius 1 is 1.09 bits per heavy atom. The van der Waals surface area contributed by atoms with Gasteiger partial charge in [-0.05, 0) is 96.3 Å². The van der Waals surface area contributed by atoms with E-state index in [1.54, 1.807) is 6.20 Å². The maximum absolute atomic E-state index is 13.1. The maximum Gasteiger partial charge on any atom is 0.490 e. The van der Waals surface area contributed by atoms with Crippen LogP contribution in [0.15, 0.2) is 28.5 Å². The quantitative estimate of drug-likeness (QED) is 0.300. The summed E-state index contributed by atoms with van der Waals surface area (Å²) in [5.74, 6) is -3.20. The lowest BCUT2D eigenvalue weighted by molar-refractivity contribution is -0.192. The van der Waals surface area contributed by atoms with E-state index in [1.165, 1.54) is 11.3 Å². The van der Waals surface area contributed by atoms with Crippen LogP contribution in [0.3, 0.4) is 0 Å². The molecule has 4 N–H and O–H groups in total. The van der Waals surface area contributed by atoms with Gasteiger partial charge in [0.15, 0.2) is 0 Å². The number of benzene rings is 1. The predicted octanol–water partition coefficient (Wildman–Crippen LogP) is 5.45. The van der Waals surface area contributed by atoms with Gasteiger partial charge >= 0.3 is 12.1 Å². The molecule has 1 aliphatic rings. The molecule has 4 rings (SSSR count). The van der Waals surface area contributed by atoms with Crippen LogP contribution in [0.2, 0.25) is 0 Å².